The topological polar surface area (TPSA) is 103 Å². The Labute approximate surface area is 80.5 Å². The highest BCUT2D eigenvalue weighted by Crippen LogP contribution is 2.16. The molecule has 1 aliphatic heterocycles. The Morgan fingerprint density at radius 3 is 2.50 bits per heavy atom. The summed E-state index contributed by atoms with van der Waals surface area (Å²) in [4.78, 5) is 22.8. The van der Waals surface area contributed by atoms with E-state index >= 15 is 0 Å². The van der Waals surface area contributed by atoms with Gasteiger partial charge in [0, 0.05) is 0 Å². The van der Waals surface area contributed by atoms with E-state index in [1.165, 1.54) is 0 Å². The van der Waals surface area contributed by atoms with E-state index in [1.54, 1.807) is 13.8 Å². The third kappa shape index (κ3) is 1.50. The van der Waals surface area contributed by atoms with Gasteiger partial charge in [-0.25, -0.2) is 0 Å². The molecule has 14 heavy (non-hydrogen) atoms. The summed E-state index contributed by atoms with van der Waals surface area (Å²) in [6.07, 6.45) is 0. The van der Waals surface area contributed by atoms with Gasteiger partial charge in [-0.15, -0.1) is 0 Å². The number of oxime groups is 1. The summed E-state index contributed by atoms with van der Waals surface area (Å²) in [5.41, 5.74) is -0.386. The Morgan fingerprint density at radius 1 is 1.50 bits per heavy atom. The first-order valence-corrected chi connectivity index (χ1v) is 4.15. The van der Waals surface area contributed by atoms with Crippen molar-refractivity contribution < 1.29 is 14.8 Å². The fourth-order valence-corrected chi connectivity index (χ4v) is 1.35. The van der Waals surface area contributed by atoms with Gasteiger partial charge in [-0.3, -0.25) is 15.0 Å². The molecular weight excluding hydrogens is 186 g/mol. The number of hydrogen-bond acceptors (Lipinski definition) is 5. The molecule has 1 rings (SSSR count). The molecule has 6 nitrogen and oxygen atoms in total. The van der Waals surface area contributed by atoms with Gasteiger partial charge in [0.25, 0.3) is 0 Å². The minimum absolute atomic E-state index is 0.188. The number of nitrogens with zero attached hydrogens (tertiary/aromatic N) is 1. The van der Waals surface area contributed by atoms with Gasteiger partial charge in [0.05, 0.1) is 0 Å². The number of amidine groups is 1. The molecule has 1 atom stereocenters. The van der Waals surface area contributed by atoms with E-state index in [2.05, 4.69) is 10.5 Å². The molecule has 3 N–H and O–H groups in total. The maximum atomic E-state index is 11.5. The van der Waals surface area contributed by atoms with Gasteiger partial charge < -0.3 is 10.5 Å². The summed E-state index contributed by atoms with van der Waals surface area (Å²) in [5, 5.41) is 20.6. The van der Waals surface area contributed by atoms with Crippen LogP contribution in [0.5, 0.6) is 0 Å². The highest BCUT2D eigenvalue weighted by Gasteiger charge is 2.40. The van der Waals surface area contributed by atoms with E-state index in [4.69, 9.17) is 10.6 Å². The van der Waals surface area contributed by atoms with Crippen LogP contribution in [0.3, 0.4) is 0 Å². The zero-order valence-corrected chi connectivity index (χ0v) is 7.87. The molecule has 0 aromatic carbocycles. The fraction of sp³-hybridized carbons (Fsp3) is 0.500. The second-order valence-corrected chi connectivity index (χ2v) is 3.40. The van der Waals surface area contributed by atoms with Crippen LogP contribution in [0.1, 0.15) is 13.8 Å². The molecule has 1 amide bonds. The van der Waals surface area contributed by atoms with Crippen LogP contribution >= 0.6 is 0 Å². The molecule has 0 radical (unpaired) electrons. The number of amides is 1. The van der Waals surface area contributed by atoms with Crippen molar-refractivity contribution in [1.82, 2.24) is 5.32 Å². The molecule has 1 fully saturated rings. The van der Waals surface area contributed by atoms with Gasteiger partial charge in [-0.05, 0) is 5.92 Å². The van der Waals surface area contributed by atoms with Crippen molar-refractivity contribution in [2.75, 3.05) is 0 Å². The zero-order chi connectivity index (χ0) is 10.9. The first-order chi connectivity index (χ1) is 6.49. The van der Waals surface area contributed by atoms with Crippen LogP contribution < -0.4 is 5.32 Å². The van der Waals surface area contributed by atoms with E-state index < -0.39 is 23.4 Å². The molecule has 0 aromatic rings. The van der Waals surface area contributed by atoms with Gasteiger partial charge in [-0.1, -0.05) is 19.0 Å². The van der Waals surface area contributed by atoms with Crippen LogP contribution in [0.15, 0.2) is 5.16 Å². The van der Waals surface area contributed by atoms with Crippen LogP contribution in [0, 0.1) is 17.2 Å². The van der Waals surface area contributed by atoms with Gasteiger partial charge >= 0.3 is 0 Å². The van der Waals surface area contributed by atoms with E-state index in [0.717, 1.165) is 0 Å². The Hall–Kier alpha value is -1.72. The van der Waals surface area contributed by atoms with Gasteiger partial charge in [-0.2, -0.15) is 0 Å². The minimum Gasteiger partial charge on any atom is -0.410 e. The molecule has 6 heteroatoms. The molecule has 1 aliphatic rings. The number of ketones is 1. The lowest BCUT2D eigenvalue weighted by Gasteiger charge is -2.24. The second kappa shape index (κ2) is 3.57. The number of piperidine rings is 1. The molecule has 1 unspecified atom stereocenters. The van der Waals surface area contributed by atoms with Crippen LogP contribution in [0.25, 0.3) is 0 Å². The van der Waals surface area contributed by atoms with E-state index in [0.29, 0.717) is 0 Å². The largest absolute Gasteiger partial charge is 0.410 e. The standard InChI is InChI=1S/C8H11N3O3/c1-3(2)4-6(12)5(11-14)7(9)10-8(4)13/h3-4,14H,1-2H3,(H2,9,10,13). The van der Waals surface area contributed by atoms with E-state index in [-0.39, 0.29) is 11.6 Å². The number of carbonyl (C=O) groups is 2. The van der Waals surface area contributed by atoms with Gasteiger partial charge in [0.1, 0.15) is 5.92 Å². The van der Waals surface area contributed by atoms with Gasteiger partial charge in [0.2, 0.25) is 11.7 Å². The Morgan fingerprint density at radius 2 is 2.07 bits per heavy atom. The zero-order valence-electron chi connectivity index (χ0n) is 7.87. The van der Waals surface area contributed by atoms with E-state index in [1.807, 2.05) is 0 Å². The minimum atomic E-state index is -0.866. The molecular formula is C8H11N3O3. The average molecular weight is 197 g/mol. The third-order valence-corrected chi connectivity index (χ3v) is 2.05. The monoisotopic (exact) mass is 197 g/mol. The highest BCUT2D eigenvalue weighted by molar-refractivity contribution is 6.70. The van der Waals surface area contributed by atoms with Gasteiger partial charge in [0.15, 0.2) is 11.5 Å². The van der Waals surface area contributed by atoms with Crippen LogP contribution in [-0.2, 0) is 9.59 Å². The molecule has 0 saturated carbocycles. The third-order valence-electron chi connectivity index (χ3n) is 2.05. The quantitative estimate of drug-likeness (QED) is 0.307. The molecule has 76 valence electrons. The Kier molecular flexibility index (Phi) is 2.64. The van der Waals surface area contributed by atoms with Crippen LogP contribution in [0.2, 0.25) is 0 Å². The summed E-state index contributed by atoms with van der Waals surface area (Å²) in [5.74, 6) is -2.61. The lowest BCUT2D eigenvalue weighted by molar-refractivity contribution is -0.132. The van der Waals surface area contributed by atoms with Crippen LogP contribution in [-0.4, -0.2) is 28.4 Å². The number of nitrogens with one attached hydrogen (secondary N) is 2. The first kappa shape index (κ1) is 10.4. The van der Waals surface area contributed by atoms with E-state index in [9.17, 15) is 9.59 Å². The van der Waals surface area contributed by atoms with Crippen molar-refractivity contribution in [3.05, 3.63) is 0 Å². The SMILES string of the molecule is CC(C)C1C(=O)NC(=N)C(=NO)C1=O. The molecule has 0 spiro atoms. The molecule has 0 bridgehead atoms. The lowest BCUT2D eigenvalue weighted by Crippen LogP contribution is -2.54. The normalized spacial score (nSPS) is 25.8. The van der Waals surface area contributed by atoms with Crippen molar-refractivity contribution in [1.29, 1.82) is 5.41 Å². The second-order valence-electron chi connectivity index (χ2n) is 3.40. The lowest BCUT2D eigenvalue weighted by atomic mass is 9.85. The molecule has 1 saturated heterocycles. The summed E-state index contributed by atoms with van der Waals surface area (Å²) >= 11 is 0. The van der Waals surface area contributed by atoms with Crippen molar-refractivity contribution >= 4 is 23.2 Å². The van der Waals surface area contributed by atoms with Crippen molar-refractivity contribution in [3.63, 3.8) is 0 Å². The highest BCUT2D eigenvalue weighted by atomic mass is 16.4. The fourth-order valence-electron chi connectivity index (χ4n) is 1.35. The number of rotatable bonds is 1. The predicted octanol–water partition coefficient (Wildman–Crippen LogP) is -0.235. The predicted molar refractivity (Wildman–Crippen MR) is 48.4 cm³/mol. The first-order valence-electron chi connectivity index (χ1n) is 4.15. The summed E-state index contributed by atoms with van der Waals surface area (Å²) < 4.78 is 0. The Bertz CT molecular complexity index is 333. The average Bonchev–Trinajstić information content (AvgIpc) is 2.02. The number of carbonyl (C=O) groups excluding carboxylic acids is 2. The Balaban J connectivity index is 3.07. The summed E-state index contributed by atoms with van der Waals surface area (Å²) in [7, 11) is 0. The molecule has 0 aromatic heterocycles. The maximum absolute atomic E-state index is 11.5. The van der Waals surface area contributed by atoms with Crippen molar-refractivity contribution in [2.24, 2.45) is 17.0 Å². The smallest absolute Gasteiger partial charge is 0.236 e. The molecule has 0 aliphatic carbocycles. The maximum Gasteiger partial charge on any atom is 0.236 e. The summed E-state index contributed by atoms with van der Waals surface area (Å²) in [6, 6.07) is 0. The van der Waals surface area contributed by atoms with Crippen molar-refractivity contribution in [2.45, 2.75) is 13.8 Å². The van der Waals surface area contributed by atoms with Crippen LogP contribution in [0.4, 0.5) is 0 Å². The number of hydrogen-bond donors (Lipinski definition) is 3. The molecule has 1 heterocycles. The number of Topliss-reactive ketones (excluding diaryl/α,β-unsaturated/α-hetero) is 1. The van der Waals surface area contributed by atoms with Crippen molar-refractivity contribution in [3.8, 4) is 0 Å². The summed E-state index contributed by atoms with van der Waals surface area (Å²) in [6.45, 7) is 3.43.